The first kappa shape index (κ1) is 17.3. The molecule has 0 aliphatic rings. The number of aromatic nitrogens is 5. The Morgan fingerprint density at radius 2 is 2.07 bits per heavy atom. The fourth-order valence-electron chi connectivity index (χ4n) is 2.88. The van der Waals surface area contributed by atoms with Crippen molar-refractivity contribution in [2.75, 3.05) is 6.61 Å². The number of aliphatic hydroxyl groups is 1. The molecule has 0 saturated heterocycles. The first-order chi connectivity index (χ1) is 13.1. The van der Waals surface area contributed by atoms with E-state index in [4.69, 9.17) is 11.6 Å². The van der Waals surface area contributed by atoms with Crippen LogP contribution in [0.4, 0.5) is 4.39 Å². The molecule has 9 heteroatoms. The third-order valence-electron chi connectivity index (χ3n) is 4.12. The van der Waals surface area contributed by atoms with Gasteiger partial charge in [-0.25, -0.2) is 18.9 Å². The van der Waals surface area contributed by atoms with E-state index < -0.39 is 5.82 Å². The number of fused-ring (bicyclic) bond motifs is 1. The molecule has 0 bridgehead atoms. The lowest BCUT2D eigenvalue weighted by molar-refractivity contribution is 0.111. The van der Waals surface area contributed by atoms with E-state index in [1.54, 1.807) is 29.1 Å². The molecule has 1 N–H and O–H groups in total. The summed E-state index contributed by atoms with van der Waals surface area (Å²) < 4.78 is 16.7. The van der Waals surface area contributed by atoms with Crippen molar-refractivity contribution in [2.24, 2.45) is 0 Å². The first-order valence-electron chi connectivity index (χ1n) is 8.04. The van der Waals surface area contributed by atoms with E-state index in [2.05, 4.69) is 15.1 Å². The number of halogens is 2. The number of carbonyl (C=O) groups is 1. The number of hydrogen-bond acceptors (Lipinski definition) is 5. The summed E-state index contributed by atoms with van der Waals surface area (Å²) in [6.45, 7) is 0.196. The highest BCUT2D eigenvalue weighted by atomic mass is 35.5. The fourth-order valence-corrected chi connectivity index (χ4v) is 3.06. The number of hydrogen-bond donors (Lipinski definition) is 1. The Balaban J connectivity index is 1.94. The predicted molar refractivity (Wildman–Crippen MR) is 97.1 cm³/mol. The SMILES string of the molecule is O=Cc1cnc2ccc(-c3c(-c4ccc(F)c(Cl)c4)ncn3CCO)nn12. The second-order valence-electron chi connectivity index (χ2n) is 5.78. The van der Waals surface area contributed by atoms with Crippen molar-refractivity contribution in [1.82, 2.24) is 24.1 Å². The highest BCUT2D eigenvalue weighted by Crippen LogP contribution is 2.32. The first-order valence-corrected chi connectivity index (χ1v) is 8.42. The molecule has 0 spiro atoms. The molecular formula is C18H13ClFN5O2. The largest absolute Gasteiger partial charge is 0.395 e. The highest BCUT2D eigenvalue weighted by molar-refractivity contribution is 6.31. The number of carbonyl (C=O) groups excluding carboxylic acids is 1. The molecule has 0 unspecified atom stereocenters. The normalized spacial score (nSPS) is 11.2. The van der Waals surface area contributed by atoms with Crippen LogP contribution in [-0.2, 0) is 6.54 Å². The number of rotatable bonds is 5. The molecule has 4 aromatic rings. The Hall–Kier alpha value is -3.10. The van der Waals surface area contributed by atoms with Crippen LogP contribution in [-0.4, -0.2) is 42.1 Å². The van der Waals surface area contributed by atoms with Gasteiger partial charge < -0.3 is 9.67 Å². The van der Waals surface area contributed by atoms with E-state index in [9.17, 15) is 14.3 Å². The van der Waals surface area contributed by atoms with Gasteiger partial charge in [0.05, 0.1) is 35.5 Å². The average molecular weight is 386 g/mol. The molecule has 0 amide bonds. The molecule has 0 aliphatic heterocycles. The number of benzene rings is 1. The molecule has 0 atom stereocenters. The van der Waals surface area contributed by atoms with Crippen LogP contribution in [0.25, 0.3) is 28.3 Å². The van der Waals surface area contributed by atoms with Crippen molar-refractivity contribution in [1.29, 1.82) is 0 Å². The Bertz CT molecular complexity index is 1150. The summed E-state index contributed by atoms with van der Waals surface area (Å²) in [5.41, 5.74) is 3.11. The molecule has 4 rings (SSSR count). The van der Waals surface area contributed by atoms with Gasteiger partial charge in [0.15, 0.2) is 11.9 Å². The molecule has 136 valence electrons. The summed E-state index contributed by atoms with van der Waals surface area (Å²) in [6, 6.07) is 7.80. The lowest BCUT2D eigenvalue weighted by Gasteiger charge is -2.10. The molecule has 0 aliphatic carbocycles. The van der Waals surface area contributed by atoms with E-state index in [0.29, 0.717) is 46.8 Å². The Morgan fingerprint density at radius 3 is 2.81 bits per heavy atom. The summed E-state index contributed by atoms with van der Waals surface area (Å²) >= 11 is 5.92. The number of aliphatic hydroxyl groups excluding tert-OH is 1. The van der Waals surface area contributed by atoms with Crippen LogP contribution in [0.2, 0.25) is 5.02 Å². The van der Waals surface area contributed by atoms with Crippen LogP contribution in [0.15, 0.2) is 42.9 Å². The van der Waals surface area contributed by atoms with E-state index in [1.807, 2.05) is 0 Å². The van der Waals surface area contributed by atoms with Crippen molar-refractivity contribution in [2.45, 2.75) is 6.54 Å². The average Bonchev–Trinajstić information content (AvgIpc) is 3.27. The van der Waals surface area contributed by atoms with Crippen LogP contribution in [0, 0.1) is 5.82 Å². The predicted octanol–water partition coefficient (Wildman–Crippen LogP) is 2.86. The molecule has 0 radical (unpaired) electrons. The van der Waals surface area contributed by atoms with Crippen molar-refractivity contribution in [3.05, 3.63) is 59.4 Å². The lowest BCUT2D eigenvalue weighted by Crippen LogP contribution is -2.06. The number of aldehydes is 1. The molecular weight excluding hydrogens is 373 g/mol. The monoisotopic (exact) mass is 385 g/mol. The molecule has 3 aromatic heterocycles. The van der Waals surface area contributed by atoms with Crippen LogP contribution < -0.4 is 0 Å². The molecule has 0 saturated carbocycles. The summed E-state index contributed by atoms with van der Waals surface area (Å²) in [6.07, 6.45) is 3.67. The van der Waals surface area contributed by atoms with Gasteiger partial charge in [-0.1, -0.05) is 11.6 Å². The van der Waals surface area contributed by atoms with Gasteiger partial charge in [0.2, 0.25) is 0 Å². The maximum Gasteiger partial charge on any atom is 0.170 e. The molecule has 27 heavy (non-hydrogen) atoms. The lowest BCUT2D eigenvalue weighted by atomic mass is 10.1. The van der Waals surface area contributed by atoms with E-state index in [1.165, 1.54) is 22.8 Å². The van der Waals surface area contributed by atoms with E-state index in [0.717, 1.165) is 0 Å². The number of imidazole rings is 2. The molecule has 1 aromatic carbocycles. The quantitative estimate of drug-likeness (QED) is 0.534. The summed E-state index contributed by atoms with van der Waals surface area (Å²) in [7, 11) is 0. The Morgan fingerprint density at radius 1 is 1.22 bits per heavy atom. The minimum atomic E-state index is -0.523. The fraction of sp³-hybridized carbons (Fsp3) is 0.111. The van der Waals surface area contributed by atoms with E-state index >= 15 is 0 Å². The molecule has 0 fully saturated rings. The van der Waals surface area contributed by atoms with Crippen molar-refractivity contribution in [3.8, 4) is 22.6 Å². The van der Waals surface area contributed by atoms with Crippen LogP contribution in [0.1, 0.15) is 10.5 Å². The van der Waals surface area contributed by atoms with Gasteiger partial charge in [0.25, 0.3) is 0 Å². The van der Waals surface area contributed by atoms with E-state index in [-0.39, 0.29) is 11.6 Å². The minimum absolute atomic E-state index is 0.0172. The van der Waals surface area contributed by atoms with Crippen molar-refractivity contribution in [3.63, 3.8) is 0 Å². The standard InChI is InChI=1S/C18H13ClFN5O2/c19-13-7-11(1-2-14(13)20)17-18(24(5-6-26)10-22-17)15-3-4-16-21-8-12(9-27)25(16)23-15/h1-4,7-10,26H,5-6H2. The van der Waals surface area contributed by atoms with Crippen LogP contribution in [0.3, 0.4) is 0 Å². The third-order valence-corrected chi connectivity index (χ3v) is 4.41. The van der Waals surface area contributed by atoms with Gasteiger partial charge in [-0.3, -0.25) is 4.79 Å². The zero-order chi connectivity index (χ0) is 19.0. The highest BCUT2D eigenvalue weighted by Gasteiger charge is 2.18. The van der Waals surface area contributed by atoms with Crippen LogP contribution in [0.5, 0.6) is 0 Å². The van der Waals surface area contributed by atoms with Crippen molar-refractivity contribution >= 4 is 23.5 Å². The third kappa shape index (κ3) is 2.98. The second kappa shape index (κ2) is 6.90. The van der Waals surface area contributed by atoms with Crippen molar-refractivity contribution < 1.29 is 14.3 Å². The molecule has 3 heterocycles. The van der Waals surface area contributed by atoms with Crippen LogP contribution >= 0.6 is 11.6 Å². The van der Waals surface area contributed by atoms with Gasteiger partial charge >= 0.3 is 0 Å². The summed E-state index contributed by atoms with van der Waals surface area (Å²) in [5.74, 6) is -0.523. The van der Waals surface area contributed by atoms with Gasteiger partial charge in [-0.15, -0.1) is 0 Å². The maximum absolute atomic E-state index is 13.5. The second-order valence-corrected chi connectivity index (χ2v) is 6.18. The number of nitrogens with zero attached hydrogens (tertiary/aromatic N) is 5. The van der Waals surface area contributed by atoms with Gasteiger partial charge in [-0.2, -0.15) is 5.10 Å². The van der Waals surface area contributed by atoms with Gasteiger partial charge in [0, 0.05) is 12.1 Å². The summed E-state index contributed by atoms with van der Waals surface area (Å²) in [4.78, 5) is 19.7. The Labute approximate surface area is 157 Å². The zero-order valence-electron chi connectivity index (χ0n) is 13.9. The van der Waals surface area contributed by atoms with Gasteiger partial charge in [-0.05, 0) is 30.3 Å². The topological polar surface area (TPSA) is 85.3 Å². The Kier molecular flexibility index (Phi) is 4.43. The smallest absolute Gasteiger partial charge is 0.170 e. The maximum atomic E-state index is 13.5. The summed E-state index contributed by atoms with van der Waals surface area (Å²) in [5, 5.41) is 13.8. The molecule has 7 nitrogen and oxygen atoms in total. The minimum Gasteiger partial charge on any atom is -0.395 e. The van der Waals surface area contributed by atoms with Gasteiger partial charge in [0.1, 0.15) is 17.2 Å². The zero-order valence-corrected chi connectivity index (χ0v) is 14.6.